The van der Waals surface area contributed by atoms with E-state index in [1.54, 1.807) is 14.2 Å². The summed E-state index contributed by atoms with van der Waals surface area (Å²) < 4.78 is 17.2. The second-order valence-corrected chi connectivity index (χ2v) is 4.93. The van der Waals surface area contributed by atoms with Gasteiger partial charge in [-0.25, -0.2) is 0 Å². The summed E-state index contributed by atoms with van der Waals surface area (Å²) in [5.74, 6) is 1.42. The zero-order valence-electron chi connectivity index (χ0n) is 13.3. The van der Waals surface area contributed by atoms with Crippen LogP contribution in [0.15, 0.2) is 54.6 Å². The molecule has 0 aliphatic heterocycles. The van der Waals surface area contributed by atoms with E-state index in [4.69, 9.17) is 14.2 Å². The van der Waals surface area contributed by atoms with Crippen LogP contribution in [-0.4, -0.2) is 33.9 Å². The molecule has 2 atom stereocenters. The molecule has 2 aromatic carbocycles. The molecule has 22 heavy (non-hydrogen) atoms. The Morgan fingerprint density at radius 3 is 2.14 bits per heavy atom. The first-order valence-corrected chi connectivity index (χ1v) is 7.32. The van der Waals surface area contributed by atoms with Gasteiger partial charge < -0.3 is 19.5 Å². The van der Waals surface area contributed by atoms with Crippen LogP contribution in [0.5, 0.6) is 11.5 Å². The molecule has 2 aromatic rings. The van der Waals surface area contributed by atoms with Gasteiger partial charge in [0.1, 0.15) is 6.10 Å². The molecule has 0 amide bonds. The van der Waals surface area contributed by atoms with Crippen LogP contribution in [-0.2, 0) is 4.74 Å². The van der Waals surface area contributed by atoms with Crippen LogP contribution in [0.25, 0.3) is 0 Å². The van der Waals surface area contributed by atoms with Crippen LogP contribution in [0, 0.1) is 0 Å². The molecule has 0 aliphatic rings. The van der Waals surface area contributed by atoms with Gasteiger partial charge in [-0.05, 0) is 24.7 Å². The van der Waals surface area contributed by atoms with Crippen LogP contribution in [0.1, 0.15) is 11.7 Å². The number of hydrogen-bond donors (Lipinski definition) is 1. The molecule has 0 saturated heterocycles. The fourth-order valence-electron chi connectivity index (χ4n) is 2.37. The Hall–Kier alpha value is -2.04. The van der Waals surface area contributed by atoms with Gasteiger partial charge in [0, 0.05) is 13.7 Å². The first-order valence-electron chi connectivity index (χ1n) is 7.32. The van der Waals surface area contributed by atoms with Crippen LogP contribution < -0.4 is 14.8 Å². The summed E-state index contributed by atoms with van der Waals surface area (Å²) in [6.45, 7) is 0.686. The highest BCUT2D eigenvalue weighted by Crippen LogP contribution is 2.32. The number of nitrogens with one attached hydrogen (secondary N) is 1. The fraction of sp³-hybridized carbons (Fsp3) is 0.333. The quantitative estimate of drug-likeness (QED) is 0.813. The van der Waals surface area contributed by atoms with E-state index >= 15 is 0 Å². The molecule has 0 fully saturated rings. The first-order chi connectivity index (χ1) is 10.8. The van der Waals surface area contributed by atoms with E-state index in [1.165, 1.54) is 0 Å². The van der Waals surface area contributed by atoms with Gasteiger partial charge >= 0.3 is 0 Å². The summed E-state index contributed by atoms with van der Waals surface area (Å²) in [6.07, 6.45) is -0.340. The summed E-state index contributed by atoms with van der Waals surface area (Å²) in [5, 5.41) is 3.15. The van der Waals surface area contributed by atoms with E-state index in [0.717, 1.165) is 5.56 Å². The lowest BCUT2D eigenvalue weighted by Gasteiger charge is -2.27. The average molecular weight is 301 g/mol. The first kappa shape index (κ1) is 16.3. The zero-order valence-corrected chi connectivity index (χ0v) is 13.3. The smallest absolute Gasteiger partial charge is 0.162 e. The van der Waals surface area contributed by atoms with Crippen LogP contribution in [0.4, 0.5) is 0 Å². The lowest BCUT2D eigenvalue weighted by atomic mass is 10.0. The Morgan fingerprint density at radius 2 is 1.55 bits per heavy atom. The summed E-state index contributed by atoms with van der Waals surface area (Å²) in [5.41, 5.74) is 1.07. The van der Waals surface area contributed by atoms with Crippen molar-refractivity contribution in [2.75, 3.05) is 27.8 Å². The lowest BCUT2D eigenvalue weighted by molar-refractivity contribution is 0.00158. The Morgan fingerprint density at radius 1 is 0.909 bits per heavy atom. The zero-order chi connectivity index (χ0) is 15.8. The molecule has 0 saturated carbocycles. The topological polar surface area (TPSA) is 39.7 Å². The number of likely N-dealkylation sites (N-methyl/N-ethyl adjacent to an activating group) is 1. The standard InChI is InChI=1S/C18H23NO3/c1-19-13-17(21-3)18(14-9-5-4-6-10-14)22-16-12-8-7-11-15(16)20-2/h4-12,17-19H,13H2,1-3H3. The number of hydrogen-bond acceptors (Lipinski definition) is 4. The van der Waals surface area contributed by atoms with E-state index in [0.29, 0.717) is 18.0 Å². The molecule has 2 unspecified atom stereocenters. The van der Waals surface area contributed by atoms with Crippen LogP contribution in [0.3, 0.4) is 0 Å². The van der Waals surface area contributed by atoms with E-state index in [2.05, 4.69) is 5.32 Å². The molecule has 4 nitrogen and oxygen atoms in total. The Balaban J connectivity index is 2.32. The number of rotatable bonds is 8. The second-order valence-electron chi connectivity index (χ2n) is 4.93. The molecular formula is C18H23NO3. The minimum atomic E-state index is -0.227. The van der Waals surface area contributed by atoms with E-state index in [9.17, 15) is 0 Å². The normalized spacial score (nSPS) is 13.4. The number of methoxy groups -OCH3 is 2. The molecule has 0 aromatic heterocycles. The summed E-state index contributed by atoms with van der Waals surface area (Å²) in [7, 11) is 5.24. The van der Waals surface area contributed by atoms with Crippen molar-refractivity contribution in [1.29, 1.82) is 0 Å². The minimum absolute atomic E-state index is 0.114. The molecule has 0 radical (unpaired) electrons. The predicted molar refractivity (Wildman–Crippen MR) is 87.5 cm³/mol. The lowest BCUT2D eigenvalue weighted by Crippen LogP contribution is -2.34. The van der Waals surface area contributed by atoms with Crippen molar-refractivity contribution in [3.05, 3.63) is 60.2 Å². The van der Waals surface area contributed by atoms with Crippen LogP contribution in [0.2, 0.25) is 0 Å². The molecule has 0 aliphatic carbocycles. The minimum Gasteiger partial charge on any atom is -0.493 e. The van der Waals surface area contributed by atoms with E-state index < -0.39 is 0 Å². The highest BCUT2D eigenvalue weighted by atomic mass is 16.5. The van der Waals surface area contributed by atoms with Crippen molar-refractivity contribution in [2.45, 2.75) is 12.2 Å². The van der Waals surface area contributed by atoms with Crippen LogP contribution >= 0.6 is 0 Å². The summed E-state index contributed by atoms with van der Waals surface area (Å²) in [4.78, 5) is 0. The van der Waals surface area contributed by atoms with Crippen molar-refractivity contribution >= 4 is 0 Å². The van der Waals surface area contributed by atoms with Crippen molar-refractivity contribution in [1.82, 2.24) is 5.32 Å². The SMILES string of the molecule is CNCC(OC)C(Oc1ccccc1OC)c1ccccc1. The third-order valence-corrected chi connectivity index (χ3v) is 3.50. The number of ether oxygens (including phenoxy) is 3. The summed E-state index contributed by atoms with van der Waals surface area (Å²) >= 11 is 0. The maximum Gasteiger partial charge on any atom is 0.162 e. The van der Waals surface area contributed by atoms with Gasteiger partial charge in [-0.2, -0.15) is 0 Å². The molecule has 0 spiro atoms. The van der Waals surface area contributed by atoms with Gasteiger partial charge in [-0.15, -0.1) is 0 Å². The largest absolute Gasteiger partial charge is 0.493 e. The van der Waals surface area contributed by atoms with Gasteiger partial charge in [-0.3, -0.25) is 0 Å². The number of para-hydroxylation sites is 2. The van der Waals surface area contributed by atoms with Crippen molar-refractivity contribution in [2.24, 2.45) is 0 Å². The molecule has 2 rings (SSSR count). The Kier molecular flexibility index (Phi) is 6.25. The molecule has 0 bridgehead atoms. The monoisotopic (exact) mass is 301 g/mol. The molecular weight excluding hydrogens is 278 g/mol. The Bertz CT molecular complexity index is 559. The van der Waals surface area contributed by atoms with Gasteiger partial charge in [0.25, 0.3) is 0 Å². The molecule has 4 heteroatoms. The van der Waals surface area contributed by atoms with E-state index in [1.807, 2.05) is 61.6 Å². The maximum absolute atomic E-state index is 6.24. The van der Waals surface area contributed by atoms with Crippen molar-refractivity contribution in [3.8, 4) is 11.5 Å². The van der Waals surface area contributed by atoms with Gasteiger partial charge in [-0.1, -0.05) is 42.5 Å². The second kappa shape index (κ2) is 8.41. The molecule has 118 valence electrons. The van der Waals surface area contributed by atoms with Gasteiger partial charge in [0.2, 0.25) is 0 Å². The van der Waals surface area contributed by atoms with Gasteiger partial charge in [0.15, 0.2) is 17.6 Å². The molecule has 1 N–H and O–H groups in total. The average Bonchev–Trinajstić information content (AvgIpc) is 2.59. The molecule has 0 heterocycles. The van der Waals surface area contributed by atoms with Crippen molar-refractivity contribution < 1.29 is 14.2 Å². The maximum atomic E-state index is 6.24. The van der Waals surface area contributed by atoms with Crippen molar-refractivity contribution in [3.63, 3.8) is 0 Å². The third-order valence-electron chi connectivity index (χ3n) is 3.50. The fourth-order valence-corrected chi connectivity index (χ4v) is 2.37. The Labute approximate surface area is 132 Å². The third kappa shape index (κ3) is 4.00. The predicted octanol–water partition coefficient (Wildman–Crippen LogP) is 3.05. The highest BCUT2D eigenvalue weighted by Gasteiger charge is 2.25. The highest BCUT2D eigenvalue weighted by molar-refractivity contribution is 5.40. The van der Waals surface area contributed by atoms with Gasteiger partial charge in [0.05, 0.1) is 7.11 Å². The summed E-state index contributed by atoms with van der Waals surface area (Å²) in [6, 6.07) is 17.7. The van der Waals surface area contributed by atoms with E-state index in [-0.39, 0.29) is 12.2 Å². The number of benzene rings is 2.